The number of hydrogen-bond donors (Lipinski definition) is 0. The zero-order valence-corrected chi connectivity index (χ0v) is 8.95. The third kappa shape index (κ3) is 3.51. The van der Waals surface area contributed by atoms with E-state index in [1.807, 2.05) is 23.9 Å². The van der Waals surface area contributed by atoms with E-state index >= 15 is 0 Å². The van der Waals surface area contributed by atoms with Crippen LogP contribution in [0.3, 0.4) is 0 Å². The first-order chi connectivity index (χ1) is 5.68. The summed E-state index contributed by atoms with van der Waals surface area (Å²) in [6, 6.07) is 8.05. The molecule has 1 aromatic carbocycles. The normalized spacial score (nSPS) is 10.7. The van der Waals surface area contributed by atoms with E-state index in [-0.39, 0.29) is 0 Å². The quantitative estimate of drug-likeness (QED) is 0.711. The minimum Gasteiger partial charge on any atom is -0.154 e. The average Bonchev–Trinajstić information content (AvgIpc) is 2.03. The molecular formula is C10H13ClS. The van der Waals surface area contributed by atoms with E-state index in [2.05, 4.69) is 26.0 Å². The van der Waals surface area contributed by atoms with E-state index in [9.17, 15) is 0 Å². The molecule has 0 nitrogen and oxygen atoms in total. The summed E-state index contributed by atoms with van der Waals surface area (Å²) in [4.78, 5) is 0. The van der Waals surface area contributed by atoms with E-state index in [0.717, 1.165) is 10.8 Å². The Bertz CT molecular complexity index is 228. The van der Waals surface area contributed by atoms with Gasteiger partial charge in [-0.25, -0.2) is 0 Å². The molecule has 0 spiro atoms. The Hall–Kier alpha value is -0.140. The lowest BCUT2D eigenvalue weighted by molar-refractivity contribution is 1.11. The smallest absolute Gasteiger partial charge is 0.0406 e. The van der Waals surface area contributed by atoms with Crippen molar-refractivity contribution in [1.82, 2.24) is 0 Å². The maximum atomic E-state index is 5.77. The van der Waals surface area contributed by atoms with Crippen molar-refractivity contribution in [2.24, 2.45) is 0 Å². The van der Waals surface area contributed by atoms with Crippen LogP contribution in [0.1, 0.15) is 19.4 Å². The van der Waals surface area contributed by atoms with Gasteiger partial charge in [0.1, 0.15) is 0 Å². The molecule has 0 unspecified atom stereocenters. The number of hydrogen-bond acceptors (Lipinski definition) is 1. The molecular weight excluding hydrogens is 188 g/mol. The molecule has 0 atom stereocenters. The van der Waals surface area contributed by atoms with E-state index < -0.39 is 0 Å². The van der Waals surface area contributed by atoms with Crippen molar-refractivity contribution >= 4 is 23.4 Å². The Morgan fingerprint density at radius 3 is 2.33 bits per heavy atom. The van der Waals surface area contributed by atoms with Crippen molar-refractivity contribution in [2.45, 2.75) is 24.9 Å². The third-order valence-corrected chi connectivity index (χ3v) is 2.92. The molecule has 0 heterocycles. The second kappa shape index (κ2) is 4.78. The number of benzene rings is 1. The highest BCUT2D eigenvalue weighted by atomic mass is 35.5. The molecule has 0 aliphatic rings. The maximum absolute atomic E-state index is 5.77. The van der Waals surface area contributed by atoms with Gasteiger partial charge in [-0.2, -0.15) is 11.8 Å². The lowest BCUT2D eigenvalue weighted by Crippen LogP contribution is -1.88. The molecule has 66 valence electrons. The standard InChI is InChI=1S/C10H13ClS/c1-8(2)12-7-9-3-5-10(11)6-4-9/h3-6,8H,7H2,1-2H3. The van der Waals surface area contributed by atoms with Gasteiger partial charge in [-0.15, -0.1) is 0 Å². The van der Waals surface area contributed by atoms with Gasteiger partial charge >= 0.3 is 0 Å². The Labute approximate surface area is 83.3 Å². The molecule has 0 N–H and O–H groups in total. The second-order valence-electron chi connectivity index (χ2n) is 2.99. The van der Waals surface area contributed by atoms with Crippen LogP contribution >= 0.6 is 23.4 Å². The van der Waals surface area contributed by atoms with E-state index in [4.69, 9.17) is 11.6 Å². The zero-order valence-electron chi connectivity index (χ0n) is 7.38. The Morgan fingerprint density at radius 2 is 1.83 bits per heavy atom. The zero-order chi connectivity index (χ0) is 8.97. The van der Waals surface area contributed by atoms with Gasteiger partial charge in [0.15, 0.2) is 0 Å². The molecule has 1 rings (SSSR count). The largest absolute Gasteiger partial charge is 0.154 e. The molecule has 0 aromatic heterocycles. The highest BCUT2D eigenvalue weighted by Crippen LogP contribution is 2.18. The van der Waals surface area contributed by atoms with E-state index in [1.165, 1.54) is 5.56 Å². The summed E-state index contributed by atoms with van der Waals surface area (Å²) in [6.07, 6.45) is 0. The highest BCUT2D eigenvalue weighted by molar-refractivity contribution is 7.99. The fourth-order valence-corrected chi connectivity index (χ4v) is 1.69. The van der Waals surface area contributed by atoms with Gasteiger partial charge < -0.3 is 0 Å². The Morgan fingerprint density at radius 1 is 1.25 bits per heavy atom. The predicted octanol–water partition coefficient (Wildman–Crippen LogP) is 3.98. The number of rotatable bonds is 3. The summed E-state index contributed by atoms with van der Waals surface area (Å²) in [5.41, 5.74) is 1.35. The predicted molar refractivity (Wildman–Crippen MR) is 57.9 cm³/mol. The summed E-state index contributed by atoms with van der Waals surface area (Å²) < 4.78 is 0. The first-order valence-corrected chi connectivity index (χ1v) is 5.47. The molecule has 0 saturated carbocycles. The number of thioether (sulfide) groups is 1. The van der Waals surface area contributed by atoms with Crippen molar-refractivity contribution < 1.29 is 0 Å². The van der Waals surface area contributed by atoms with Crippen molar-refractivity contribution in [3.8, 4) is 0 Å². The molecule has 0 saturated heterocycles. The molecule has 0 radical (unpaired) electrons. The summed E-state index contributed by atoms with van der Waals surface area (Å²) in [5, 5.41) is 1.51. The van der Waals surface area contributed by atoms with Gasteiger partial charge in [-0.3, -0.25) is 0 Å². The van der Waals surface area contributed by atoms with Gasteiger partial charge in [0.2, 0.25) is 0 Å². The molecule has 0 fully saturated rings. The minimum atomic E-state index is 0.695. The topological polar surface area (TPSA) is 0 Å². The van der Waals surface area contributed by atoms with Crippen LogP contribution < -0.4 is 0 Å². The van der Waals surface area contributed by atoms with Crippen LogP contribution in [-0.2, 0) is 5.75 Å². The summed E-state index contributed by atoms with van der Waals surface area (Å²) in [6.45, 7) is 4.42. The fourth-order valence-electron chi connectivity index (χ4n) is 0.844. The second-order valence-corrected chi connectivity index (χ2v) is 4.99. The first-order valence-electron chi connectivity index (χ1n) is 4.04. The fraction of sp³-hybridized carbons (Fsp3) is 0.400. The molecule has 0 aliphatic carbocycles. The summed E-state index contributed by atoms with van der Waals surface area (Å²) in [7, 11) is 0. The maximum Gasteiger partial charge on any atom is 0.0406 e. The number of halogens is 1. The third-order valence-electron chi connectivity index (χ3n) is 1.50. The van der Waals surface area contributed by atoms with Gasteiger partial charge in [0, 0.05) is 10.8 Å². The SMILES string of the molecule is CC(C)SCc1ccc(Cl)cc1. The molecule has 0 aliphatic heterocycles. The van der Waals surface area contributed by atoms with Crippen LogP contribution in [0, 0.1) is 0 Å². The summed E-state index contributed by atoms with van der Waals surface area (Å²) in [5.74, 6) is 1.08. The Kier molecular flexibility index (Phi) is 3.96. The minimum absolute atomic E-state index is 0.695. The molecule has 2 heteroatoms. The van der Waals surface area contributed by atoms with Crippen LogP contribution in [0.5, 0.6) is 0 Å². The van der Waals surface area contributed by atoms with Crippen LogP contribution in [0.2, 0.25) is 5.02 Å². The monoisotopic (exact) mass is 200 g/mol. The Balaban J connectivity index is 2.48. The lowest BCUT2D eigenvalue weighted by Gasteiger charge is -2.04. The molecule has 0 bridgehead atoms. The van der Waals surface area contributed by atoms with Crippen LogP contribution in [0.25, 0.3) is 0 Å². The molecule has 0 amide bonds. The summed E-state index contributed by atoms with van der Waals surface area (Å²) >= 11 is 7.71. The van der Waals surface area contributed by atoms with Crippen LogP contribution in [0.15, 0.2) is 24.3 Å². The van der Waals surface area contributed by atoms with Crippen molar-refractivity contribution in [2.75, 3.05) is 0 Å². The van der Waals surface area contributed by atoms with Gasteiger partial charge in [-0.1, -0.05) is 37.6 Å². The molecule has 1 aromatic rings. The van der Waals surface area contributed by atoms with Crippen LogP contribution in [-0.4, -0.2) is 5.25 Å². The molecule has 12 heavy (non-hydrogen) atoms. The average molecular weight is 201 g/mol. The van der Waals surface area contributed by atoms with Gasteiger partial charge in [-0.05, 0) is 22.9 Å². The van der Waals surface area contributed by atoms with Crippen LogP contribution in [0.4, 0.5) is 0 Å². The van der Waals surface area contributed by atoms with E-state index in [1.54, 1.807) is 0 Å². The van der Waals surface area contributed by atoms with Gasteiger partial charge in [0.05, 0.1) is 0 Å². The lowest BCUT2D eigenvalue weighted by atomic mass is 10.2. The van der Waals surface area contributed by atoms with Crippen molar-refractivity contribution in [1.29, 1.82) is 0 Å². The van der Waals surface area contributed by atoms with Crippen molar-refractivity contribution in [3.05, 3.63) is 34.9 Å². The highest BCUT2D eigenvalue weighted by Gasteiger charge is 1.96. The van der Waals surface area contributed by atoms with Gasteiger partial charge in [0.25, 0.3) is 0 Å². The first kappa shape index (κ1) is 9.94. The van der Waals surface area contributed by atoms with Crippen molar-refractivity contribution in [3.63, 3.8) is 0 Å². The van der Waals surface area contributed by atoms with E-state index in [0.29, 0.717) is 5.25 Å².